The second-order valence-electron chi connectivity index (χ2n) is 14.4. The molecule has 0 aliphatic carbocycles. The highest BCUT2D eigenvalue weighted by molar-refractivity contribution is 5.70. The molecule has 0 heterocycles. The smallest absolute Gasteiger partial charge is 0.306 e. The number of unbranched alkanes of at least 4 members (excludes halogenated alkanes) is 13. The highest BCUT2D eigenvalue weighted by Gasteiger charge is 2.18. The summed E-state index contributed by atoms with van der Waals surface area (Å²) < 4.78 is 18.4. The van der Waals surface area contributed by atoms with Crippen molar-refractivity contribution in [3.8, 4) is 0 Å². The molecule has 7 nitrogen and oxygen atoms in total. The van der Waals surface area contributed by atoms with Crippen LogP contribution in [0, 0.1) is 0 Å². The number of esters is 2. The standard InChI is InChI=1S/C41H81NO5.CH2O.CH4/c1-7-11-15-17-21-27-37(28-22-18-16-12-8-2)45-36-24-23-31-39(47-41(44)34-26-35-42(5)6)32-25-33-40(43)46-38(29-19-13-9-3)30-20-14-10-4;1-2;/h37-39H,7-36H2,1-6H3;1H2;1H4. The lowest BCUT2D eigenvalue weighted by molar-refractivity contribution is -0.151. The maximum atomic E-state index is 12.8. The molecule has 0 spiro atoms. The summed E-state index contributed by atoms with van der Waals surface area (Å²) in [5, 5.41) is 0. The molecule has 0 fully saturated rings. The van der Waals surface area contributed by atoms with Crippen LogP contribution in [-0.4, -0.2) is 69.2 Å². The van der Waals surface area contributed by atoms with Gasteiger partial charge in [-0.1, -0.05) is 125 Å². The van der Waals surface area contributed by atoms with Crippen molar-refractivity contribution in [3.63, 3.8) is 0 Å². The van der Waals surface area contributed by atoms with Crippen LogP contribution in [0.1, 0.15) is 215 Å². The van der Waals surface area contributed by atoms with E-state index in [-0.39, 0.29) is 31.6 Å². The molecule has 7 heteroatoms. The van der Waals surface area contributed by atoms with Crippen LogP contribution in [-0.2, 0) is 28.6 Å². The largest absolute Gasteiger partial charge is 0.462 e. The van der Waals surface area contributed by atoms with E-state index in [4.69, 9.17) is 19.0 Å². The van der Waals surface area contributed by atoms with E-state index in [2.05, 4.69) is 32.6 Å². The predicted molar refractivity (Wildman–Crippen MR) is 214 cm³/mol. The van der Waals surface area contributed by atoms with E-state index < -0.39 is 0 Å². The molecule has 0 aliphatic rings. The van der Waals surface area contributed by atoms with Crippen molar-refractivity contribution in [3.05, 3.63) is 0 Å². The summed E-state index contributed by atoms with van der Waals surface area (Å²) in [7, 11) is 4.05. The highest BCUT2D eigenvalue weighted by atomic mass is 16.5. The first-order valence-electron chi connectivity index (χ1n) is 20.8. The Bertz CT molecular complexity index is 679. The van der Waals surface area contributed by atoms with Gasteiger partial charge >= 0.3 is 11.9 Å². The summed E-state index contributed by atoms with van der Waals surface area (Å²) in [5.41, 5.74) is 0. The highest BCUT2D eigenvalue weighted by Crippen LogP contribution is 2.20. The minimum atomic E-state index is -0.146. The Morgan fingerprint density at radius 2 is 0.820 bits per heavy atom. The molecule has 1 atom stereocenters. The van der Waals surface area contributed by atoms with E-state index in [9.17, 15) is 9.59 Å². The maximum Gasteiger partial charge on any atom is 0.306 e. The quantitative estimate of drug-likeness (QED) is 0.0472. The summed E-state index contributed by atoms with van der Waals surface area (Å²) in [6, 6.07) is 0. The SMILES string of the molecule is C.C=O.CCCCCCCC(CCCCCCC)OCCCCC(CCCC(=O)OC(CCCCC)CCCCC)OC(=O)CCCN(C)C. The molecule has 0 aromatic heterocycles. The van der Waals surface area contributed by atoms with Gasteiger partial charge in [-0.25, -0.2) is 0 Å². The van der Waals surface area contributed by atoms with Crippen LogP contribution in [0.25, 0.3) is 0 Å². The molecule has 0 aliphatic heterocycles. The third-order valence-corrected chi connectivity index (χ3v) is 9.28. The van der Waals surface area contributed by atoms with Gasteiger partial charge in [0.05, 0.1) is 6.10 Å². The van der Waals surface area contributed by atoms with Gasteiger partial charge in [0.15, 0.2) is 0 Å². The third-order valence-electron chi connectivity index (χ3n) is 9.28. The first kappa shape index (κ1) is 52.9. The lowest BCUT2D eigenvalue weighted by Crippen LogP contribution is -2.22. The second kappa shape index (κ2) is 41.9. The second-order valence-corrected chi connectivity index (χ2v) is 14.4. The average Bonchev–Trinajstić information content (AvgIpc) is 3.08. The van der Waals surface area contributed by atoms with Gasteiger partial charge in [-0.3, -0.25) is 9.59 Å². The Balaban J connectivity index is -0.00000722. The fourth-order valence-corrected chi connectivity index (χ4v) is 6.26. The zero-order valence-electron chi connectivity index (χ0n) is 33.5. The summed E-state index contributed by atoms with van der Waals surface area (Å²) in [5.74, 6) is -0.211. The predicted octanol–water partition coefficient (Wildman–Crippen LogP) is 12.2. The summed E-state index contributed by atoms with van der Waals surface area (Å²) in [4.78, 5) is 35.6. The number of carbonyl (C=O) groups excluding carboxylic acids is 3. The van der Waals surface area contributed by atoms with Crippen molar-refractivity contribution >= 4 is 18.7 Å². The Labute approximate surface area is 312 Å². The number of hydrogen-bond donors (Lipinski definition) is 0. The lowest BCUT2D eigenvalue weighted by Gasteiger charge is -2.21. The molecule has 0 N–H and O–H groups in total. The zero-order valence-corrected chi connectivity index (χ0v) is 33.5. The van der Waals surface area contributed by atoms with Crippen LogP contribution in [0.2, 0.25) is 0 Å². The average molecular weight is 714 g/mol. The van der Waals surface area contributed by atoms with E-state index in [0.29, 0.717) is 31.8 Å². The normalized spacial score (nSPS) is 11.7. The van der Waals surface area contributed by atoms with E-state index in [1.54, 1.807) is 0 Å². The van der Waals surface area contributed by atoms with Crippen molar-refractivity contribution in [2.45, 2.75) is 233 Å². The van der Waals surface area contributed by atoms with E-state index in [1.165, 1.54) is 103 Å². The van der Waals surface area contributed by atoms with Crippen molar-refractivity contribution in [2.24, 2.45) is 0 Å². The first-order chi connectivity index (χ1) is 23.9. The fraction of sp³-hybridized carbons (Fsp3) is 0.930. The number of nitrogens with zero attached hydrogens (tertiary/aromatic N) is 1. The molecule has 0 amide bonds. The van der Waals surface area contributed by atoms with Crippen molar-refractivity contribution < 1.29 is 28.6 Å². The van der Waals surface area contributed by atoms with E-state index in [1.807, 2.05) is 20.9 Å². The van der Waals surface area contributed by atoms with Gasteiger partial charge < -0.3 is 23.9 Å². The zero-order chi connectivity index (χ0) is 36.8. The monoisotopic (exact) mass is 714 g/mol. The minimum Gasteiger partial charge on any atom is -0.462 e. The fourth-order valence-electron chi connectivity index (χ4n) is 6.26. The molecule has 300 valence electrons. The van der Waals surface area contributed by atoms with Gasteiger partial charge in [0.2, 0.25) is 0 Å². The minimum absolute atomic E-state index is 0. The molecule has 0 aromatic rings. The number of ether oxygens (including phenoxy) is 3. The topological polar surface area (TPSA) is 82.1 Å². The Morgan fingerprint density at radius 1 is 0.480 bits per heavy atom. The van der Waals surface area contributed by atoms with E-state index >= 15 is 0 Å². The van der Waals surface area contributed by atoms with Gasteiger partial charge in [0, 0.05) is 19.4 Å². The van der Waals surface area contributed by atoms with Gasteiger partial charge in [-0.2, -0.15) is 0 Å². The molecule has 0 saturated carbocycles. The summed E-state index contributed by atoms with van der Waals surface area (Å²) in [6.07, 6.45) is 30.5. The molecule has 0 radical (unpaired) electrons. The molecule has 1 unspecified atom stereocenters. The van der Waals surface area contributed by atoms with Gasteiger partial charge in [-0.15, -0.1) is 0 Å². The van der Waals surface area contributed by atoms with Crippen molar-refractivity contribution in [1.82, 2.24) is 4.90 Å². The van der Waals surface area contributed by atoms with Gasteiger partial charge in [-0.05, 0) is 97.7 Å². The van der Waals surface area contributed by atoms with Crippen molar-refractivity contribution in [2.75, 3.05) is 27.2 Å². The molecule has 0 bridgehead atoms. The number of carbonyl (C=O) groups is 3. The van der Waals surface area contributed by atoms with Gasteiger partial charge in [0.25, 0.3) is 0 Å². The van der Waals surface area contributed by atoms with Crippen LogP contribution >= 0.6 is 0 Å². The van der Waals surface area contributed by atoms with Crippen LogP contribution < -0.4 is 0 Å². The Hall–Kier alpha value is -1.47. The van der Waals surface area contributed by atoms with Crippen LogP contribution in [0.15, 0.2) is 0 Å². The number of hydrogen-bond acceptors (Lipinski definition) is 7. The Morgan fingerprint density at radius 3 is 1.26 bits per heavy atom. The molecular formula is C43H87NO6. The summed E-state index contributed by atoms with van der Waals surface area (Å²) in [6.45, 7) is 12.6. The van der Waals surface area contributed by atoms with Crippen LogP contribution in [0.5, 0.6) is 0 Å². The first-order valence-corrected chi connectivity index (χ1v) is 20.8. The lowest BCUT2D eigenvalue weighted by atomic mass is 10.0. The molecule has 0 aromatic carbocycles. The molecule has 0 rings (SSSR count). The summed E-state index contributed by atoms with van der Waals surface area (Å²) >= 11 is 0. The van der Waals surface area contributed by atoms with E-state index in [0.717, 1.165) is 64.5 Å². The molecule has 50 heavy (non-hydrogen) atoms. The Kier molecular flexibility index (Phi) is 44.4. The molecular weight excluding hydrogens is 626 g/mol. The van der Waals surface area contributed by atoms with Gasteiger partial charge in [0.1, 0.15) is 19.0 Å². The van der Waals surface area contributed by atoms with Crippen molar-refractivity contribution in [1.29, 1.82) is 0 Å². The molecule has 0 saturated heterocycles. The van der Waals surface area contributed by atoms with Crippen LogP contribution in [0.3, 0.4) is 0 Å². The third kappa shape index (κ3) is 37.8. The van der Waals surface area contributed by atoms with Crippen LogP contribution in [0.4, 0.5) is 0 Å². The maximum absolute atomic E-state index is 12.8. The number of rotatable bonds is 36.